The van der Waals surface area contributed by atoms with Gasteiger partial charge in [0.05, 0.1) is 5.56 Å². The van der Waals surface area contributed by atoms with E-state index in [4.69, 9.17) is 11.6 Å². The lowest BCUT2D eigenvalue weighted by Gasteiger charge is -2.34. The molecule has 0 radical (unpaired) electrons. The number of nitrogens with zero attached hydrogens (tertiary/aromatic N) is 1. The molecule has 1 N–H and O–H groups in total. The van der Waals surface area contributed by atoms with E-state index in [1.165, 1.54) is 12.1 Å². The van der Waals surface area contributed by atoms with Crippen LogP contribution < -0.4 is 5.32 Å². The van der Waals surface area contributed by atoms with Gasteiger partial charge in [0, 0.05) is 24.2 Å². The highest BCUT2D eigenvalue weighted by Crippen LogP contribution is 2.19. The molecular weight excluding hydrogens is 267 g/mol. The number of piperidine rings is 1. The van der Waals surface area contributed by atoms with Crippen LogP contribution in [0.3, 0.4) is 0 Å². The van der Waals surface area contributed by atoms with Gasteiger partial charge in [0.1, 0.15) is 5.82 Å². The maximum atomic E-state index is 13.8. The number of amides is 1. The summed E-state index contributed by atoms with van der Waals surface area (Å²) in [4.78, 5) is 14.2. The Balaban J connectivity index is 2.19. The first-order valence-electron chi connectivity index (χ1n) is 6.60. The fourth-order valence-corrected chi connectivity index (χ4v) is 2.64. The molecule has 1 aromatic rings. The molecule has 0 bridgehead atoms. The molecule has 1 aliphatic heterocycles. The van der Waals surface area contributed by atoms with Crippen LogP contribution >= 0.6 is 11.6 Å². The first kappa shape index (κ1) is 14.3. The predicted molar refractivity (Wildman–Crippen MR) is 74.0 cm³/mol. The minimum Gasteiger partial charge on any atom is -0.335 e. The average Bonchev–Trinajstić information content (AvgIpc) is 2.40. The molecule has 104 valence electrons. The van der Waals surface area contributed by atoms with E-state index in [0.717, 1.165) is 25.9 Å². The Morgan fingerprint density at radius 3 is 2.95 bits per heavy atom. The van der Waals surface area contributed by atoms with Gasteiger partial charge >= 0.3 is 0 Å². The molecule has 0 aromatic heterocycles. The monoisotopic (exact) mass is 284 g/mol. The SMILES string of the molecule is CCN(C(=O)c1ccc(Cl)cc1F)C1CCCNC1. The summed E-state index contributed by atoms with van der Waals surface area (Å²) in [7, 11) is 0. The van der Waals surface area contributed by atoms with Crippen LogP contribution in [0.4, 0.5) is 4.39 Å². The second-order valence-corrected chi connectivity index (χ2v) is 5.15. The minimum atomic E-state index is -0.556. The van der Waals surface area contributed by atoms with Gasteiger partial charge in [-0.3, -0.25) is 4.79 Å². The van der Waals surface area contributed by atoms with Gasteiger partial charge in [0.2, 0.25) is 0 Å². The number of carbonyl (C=O) groups is 1. The van der Waals surface area contributed by atoms with E-state index < -0.39 is 5.82 Å². The Labute approximate surface area is 117 Å². The smallest absolute Gasteiger partial charge is 0.257 e. The standard InChI is InChI=1S/C14H18ClFN2O/c1-2-18(11-4-3-7-17-9-11)14(19)12-6-5-10(15)8-13(12)16/h5-6,8,11,17H,2-4,7,9H2,1H3. The predicted octanol–water partition coefficient (Wildman–Crippen LogP) is 2.69. The van der Waals surface area contributed by atoms with Gasteiger partial charge in [-0.15, -0.1) is 0 Å². The zero-order valence-electron chi connectivity index (χ0n) is 11.0. The van der Waals surface area contributed by atoms with E-state index in [-0.39, 0.29) is 17.5 Å². The Morgan fingerprint density at radius 2 is 2.37 bits per heavy atom. The lowest BCUT2D eigenvalue weighted by Crippen LogP contribution is -2.48. The second kappa shape index (κ2) is 6.35. The number of hydrogen-bond acceptors (Lipinski definition) is 2. The van der Waals surface area contributed by atoms with Gasteiger partial charge in [-0.2, -0.15) is 0 Å². The third kappa shape index (κ3) is 3.25. The molecular formula is C14H18ClFN2O. The Hall–Kier alpha value is -1.13. The summed E-state index contributed by atoms with van der Waals surface area (Å²) >= 11 is 5.71. The Kier molecular flexibility index (Phi) is 4.77. The van der Waals surface area contributed by atoms with Crippen LogP contribution in [0.25, 0.3) is 0 Å². The number of hydrogen-bond donors (Lipinski definition) is 1. The van der Waals surface area contributed by atoms with Crippen LogP contribution in [-0.4, -0.2) is 36.5 Å². The van der Waals surface area contributed by atoms with E-state index in [1.807, 2.05) is 6.92 Å². The van der Waals surface area contributed by atoms with E-state index in [1.54, 1.807) is 11.0 Å². The zero-order chi connectivity index (χ0) is 13.8. The van der Waals surface area contributed by atoms with Gasteiger partial charge in [-0.25, -0.2) is 4.39 Å². The highest BCUT2D eigenvalue weighted by Gasteiger charge is 2.26. The lowest BCUT2D eigenvalue weighted by atomic mass is 10.0. The summed E-state index contributed by atoms with van der Waals surface area (Å²) in [5.41, 5.74) is 0.0943. The number of likely N-dealkylation sites (N-methyl/N-ethyl adjacent to an activating group) is 1. The van der Waals surface area contributed by atoms with Crippen molar-refractivity contribution in [1.82, 2.24) is 10.2 Å². The molecule has 1 aliphatic rings. The Morgan fingerprint density at radius 1 is 1.58 bits per heavy atom. The molecule has 0 aliphatic carbocycles. The van der Waals surface area contributed by atoms with E-state index in [2.05, 4.69) is 5.32 Å². The summed E-state index contributed by atoms with van der Waals surface area (Å²) < 4.78 is 13.8. The molecule has 3 nitrogen and oxygen atoms in total. The van der Waals surface area contributed by atoms with Gasteiger partial charge < -0.3 is 10.2 Å². The molecule has 1 heterocycles. The first-order valence-corrected chi connectivity index (χ1v) is 6.98. The zero-order valence-corrected chi connectivity index (χ0v) is 11.7. The van der Waals surface area contributed by atoms with Crippen molar-refractivity contribution in [2.75, 3.05) is 19.6 Å². The van der Waals surface area contributed by atoms with Crippen LogP contribution in [0.1, 0.15) is 30.1 Å². The van der Waals surface area contributed by atoms with Crippen molar-refractivity contribution in [3.8, 4) is 0 Å². The molecule has 5 heteroatoms. The summed E-state index contributed by atoms with van der Waals surface area (Å²) in [6.45, 7) is 4.25. The molecule has 1 unspecified atom stereocenters. The van der Waals surface area contributed by atoms with Gasteiger partial charge in [-0.1, -0.05) is 11.6 Å². The van der Waals surface area contributed by atoms with Crippen molar-refractivity contribution < 1.29 is 9.18 Å². The number of carbonyl (C=O) groups excluding carboxylic acids is 1. The second-order valence-electron chi connectivity index (χ2n) is 4.72. The molecule has 19 heavy (non-hydrogen) atoms. The molecule has 1 saturated heterocycles. The molecule has 0 spiro atoms. The van der Waals surface area contributed by atoms with Gasteiger partial charge in [0.15, 0.2) is 0 Å². The fourth-order valence-electron chi connectivity index (χ4n) is 2.48. The number of rotatable bonds is 3. The van der Waals surface area contributed by atoms with Gasteiger partial charge in [-0.05, 0) is 44.5 Å². The minimum absolute atomic E-state index is 0.0943. The summed E-state index contributed by atoms with van der Waals surface area (Å²) in [5, 5.41) is 3.57. The summed E-state index contributed by atoms with van der Waals surface area (Å²) in [6.07, 6.45) is 2.00. The normalized spacial score (nSPS) is 19.2. The van der Waals surface area contributed by atoms with Crippen LogP contribution in [-0.2, 0) is 0 Å². The largest absolute Gasteiger partial charge is 0.335 e. The lowest BCUT2D eigenvalue weighted by molar-refractivity contribution is 0.0657. The highest BCUT2D eigenvalue weighted by molar-refractivity contribution is 6.30. The van der Waals surface area contributed by atoms with Crippen LogP contribution in [0, 0.1) is 5.82 Å². The van der Waals surface area contributed by atoms with Crippen molar-refractivity contribution in [3.05, 3.63) is 34.6 Å². The first-order chi connectivity index (χ1) is 9.13. The molecule has 1 atom stereocenters. The van der Waals surface area contributed by atoms with Gasteiger partial charge in [0.25, 0.3) is 5.91 Å². The van der Waals surface area contributed by atoms with Crippen LogP contribution in [0.2, 0.25) is 5.02 Å². The van der Waals surface area contributed by atoms with Crippen LogP contribution in [0.15, 0.2) is 18.2 Å². The Bertz CT molecular complexity index is 461. The molecule has 0 saturated carbocycles. The fraction of sp³-hybridized carbons (Fsp3) is 0.500. The molecule has 1 amide bonds. The number of benzene rings is 1. The molecule has 1 fully saturated rings. The number of nitrogens with one attached hydrogen (secondary N) is 1. The quantitative estimate of drug-likeness (QED) is 0.926. The van der Waals surface area contributed by atoms with Crippen molar-refractivity contribution in [1.29, 1.82) is 0 Å². The maximum absolute atomic E-state index is 13.8. The average molecular weight is 285 g/mol. The van der Waals surface area contributed by atoms with Crippen molar-refractivity contribution in [3.63, 3.8) is 0 Å². The highest BCUT2D eigenvalue weighted by atomic mass is 35.5. The summed E-state index contributed by atoms with van der Waals surface area (Å²) in [5.74, 6) is -0.815. The molecule has 2 rings (SSSR count). The number of halogens is 2. The summed E-state index contributed by atoms with van der Waals surface area (Å²) in [6, 6.07) is 4.33. The van der Waals surface area contributed by atoms with Crippen molar-refractivity contribution >= 4 is 17.5 Å². The van der Waals surface area contributed by atoms with Crippen LogP contribution in [0.5, 0.6) is 0 Å². The maximum Gasteiger partial charge on any atom is 0.257 e. The van der Waals surface area contributed by atoms with Crippen molar-refractivity contribution in [2.24, 2.45) is 0 Å². The third-order valence-electron chi connectivity index (χ3n) is 3.47. The van der Waals surface area contributed by atoms with E-state index in [9.17, 15) is 9.18 Å². The van der Waals surface area contributed by atoms with E-state index in [0.29, 0.717) is 11.6 Å². The van der Waals surface area contributed by atoms with E-state index >= 15 is 0 Å². The molecule has 1 aromatic carbocycles. The van der Waals surface area contributed by atoms with Crippen molar-refractivity contribution in [2.45, 2.75) is 25.8 Å². The topological polar surface area (TPSA) is 32.3 Å². The third-order valence-corrected chi connectivity index (χ3v) is 3.71.